The number of methoxy groups -OCH3 is 2. The minimum Gasteiger partial charge on any atom is -0.496 e. The molecule has 0 aliphatic rings. The quantitative estimate of drug-likeness (QED) is 0.771. The Kier molecular flexibility index (Phi) is 2.58. The van der Waals surface area contributed by atoms with Crippen LogP contribution in [0, 0.1) is 0 Å². The second-order valence-electron chi connectivity index (χ2n) is 2.89. The van der Waals surface area contributed by atoms with E-state index in [2.05, 4.69) is 4.98 Å². The van der Waals surface area contributed by atoms with Crippen LogP contribution in [0.15, 0.2) is 34.9 Å². The van der Waals surface area contributed by atoms with Crippen LogP contribution in [0.4, 0.5) is 0 Å². The van der Waals surface area contributed by atoms with Crippen molar-refractivity contribution in [2.75, 3.05) is 14.2 Å². The number of nitrogens with zero attached hydrogens (tertiary/aromatic N) is 1. The van der Waals surface area contributed by atoms with Gasteiger partial charge in [0.1, 0.15) is 11.9 Å². The molecule has 0 saturated carbocycles. The van der Waals surface area contributed by atoms with E-state index in [1.807, 2.05) is 24.3 Å². The average Bonchev–Trinajstić information content (AvgIpc) is 2.77. The van der Waals surface area contributed by atoms with Crippen LogP contribution >= 0.6 is 0 Å². The molecule has 0 atom stereocenters. The molecule has 0 unspecified atom stereocenters. The number of ether oxygens (including phenoxy) is 2. The Hall–Kier alpha value is -1.97. The zero-order valence-electron chi connectivity index (χ0n) is 8.56. The molecule has 0 aliphatic carbocycles. The summed E-state index contributed by atoms with van der Waals surface area (Å²) in [6.45, 7) is 0. The Labute approximate surface area is 87.5 Å². The molecule has 0 radical (unpaired) electrons. The van der Waals surface area contributed by atoms with Gasteiger partial charge in [-0.1, -0.05) is 12.1 Å². The Morgan fingerprint density at radius 3 is 2.60 bits per heavy atom. The normalized spacial score (nSPS) is 10.0. The SMILES string of the molecule is COc1cnc(-c2ccccc2OC)o1. The van der Waals surface area contributed by atoms with Gasteiger partial charge in [-0.25, -0.2) is 4.98 Å². The van der Waals surface area contributed by atoms with Gasteiger partial charge >= 0.3 is 5.95 Å². The molecule has 15 heavy (non-hydrogen) atoms. The van der Waals surface area contributed by atoms with Crippen LogP contribution in [0.2, 0.25) is 0 Å². The lowest BCUT2D eigenvalue weighted by atomic mass is 10.2. The summed E-state index contributed by atoms with van der Waals surface area (Å²) in [7, 11) is 3.14. The first-order valence-corrected chi connectivity index (χ1v) is 4.48. The number of hydrogen-bond acceptors (Lipinski definition) is 4. The van der Waals surface area contributed by atoms with Crippen LogP contribution in [0.1, 0.15) is 0 Å². The van der Waals surface area contributed by atoms with Gasteiger partial charge in [-0.2, -0.15) is 0 Å². The number of oxazole rings is 1. The van der Waals surface area contributed by atoms with Gasteiger partial charge < -0.3 is 13.9 Å². The number of aromatic nitrogens is 1. The molecule has 78 valence electrons. The Morgan fingerprint density at radius 1 is 1.13 bits per heavy atom. The molecule has 0 bridgehead atoms. The molecule has 1 heterocycles. The monoisotopic (exact) mass is 205 g/mol. The van der Waals surface area contributed by atoms with E-state index < -0.39 is 0 Å². The van der Waals surface area contributed by atoms with Gasteiger partial charge in [-0.05, 0) is 12.1 Å². The minimum absolute atomic E-state index is 0.385. The molecule has 4 nitrogen and oxygen atoms in total. The first-order valence-electron chi connectivity index (χ1n) is 4.48. The van der Waals surface area contributed by atoms with Crippen molar-refractivity contribution in [2.24, 2.45) is 0 Å². The summed E-state index contributed by atoms with van der Waals surface area (Å²) in [6.07, 6.45) is 1.53. The van der Waals surface area contributed by atoms with Crippen LogP contribution in [-0.4, -0.2) is 19.2 Å². The maximum Gasteiger partial charge on any atom is 0.305 e. The molecule has 0 fully saturated rings. The molecule has 0 saturated heterocycles. The molecular weight excluding hydrogens is 194 g/mol. The summed E-state index contributed by atoms with van der Waals surface area (Å²) in [4.78, 5) is 4.09. The molecular formula is C11H11NO3. The van der Waals surface area contributed by atoms with Crippen LogP contribution in [0.3, 0.4) is 0 Å². The number of para-hydroxylation sites is 1. The predicted molar refractivity (Wildman–Crippen MR) is 55.0 cm³/mol. The molecule has 1 aromatic heterocycles. The highest BCUT2D eigenvalue weighted by molar-refractivity contribution is 5.62. The maximum absolute atomic E-state index is 5.35. The van der Waals surface area contributed by atoms with E-state index in [4.69, 9.17) is 13.9 Å². The lowest BCUT2D eigenvalue weighted by Crippen LogP contribution is -1.86. The fraction of sp³-hybridized carbons (Fsp3) is 0.182. The third kappa shape index (κ3) is 1.79. The van der Waals surface area contributed by atoms with E-state index in [0.717, 1.165) is 11.3 Å². The van der Waals surface area contributed by atoms with Crippen molar-refractivity contribution < 1.29 is 13.9 Å². The van der Waals surface area contributed by atoms with Crippen LogP contribution in [-0.2, 0) is 0 Å². The van der Waals surface area contributed by atoms with E-state index in [9.17, 15) is 0 Å². The Morgan fingerprint density at radius 2 is 1.93 bits per heavy atom. The third-order valence-electron chi connectivity index (χ3n) is 2.02. The van der Waals surface area contributed by atoms with Gasteiger partial charge in [0, 0.05) is 0 Å². The first kappa shape index (κ1) is 9.58. The van der Waals surface area contributed by atoms with Crippen molar-refractivity contribution in [2.45, 2.75) is 0 Å². The van der Waals surface area contributed by atoms with Crippen molar-refractivity contribution in [3.63, 3.8) is 0 Å². The standard InChI is InChI=1S/C11H11NO3/c1-13-9-6-4-3-5-8(9)11-12-7-10(14-2)15-11/h3-7H,1-2H3. The van der Waals surface area contributed by atoms with Gasteiger partial charge in [0.05, 0.1) is 19.8 Å². The van der Waals surface area contributed by atoms with Crippen molar-refractivity contribution in [1.82, 2.24) is 4.98 Å². The van der Waals surface area contributed by atoms with E-state index in [1.54, 1.807) is 7.11 Å². The summed E-state index contributed by atoms with van der Waals surface area (Å²) in [6, 6.07) is 7.52. The molecule has 0 spiro atoms. The molecule has 4 heteroatoms. The summed E-state index contributed by atoms with van der Waals surface area (Å²) in [5, 5.41) is 0. The van der Waals surface area contributed by atoms with Gasteiger partial charge in [-0.3, -0.25) is 0 Å². The third-order valence-corrected chi connectivity index (χ3v) is 2.02. The van der Waals surface area contributed by atoms with Crippen molar-refractivity contribution in [3.8, 4) is 23.1 Å². The Balaban J connectivity index is 2.44. The van der Waals surface area contributed by atoms with E-state index in [0.29, 0.717) is 11.8 Å². The fourth-order valence-electron chi connectivity index (χ4n) is 1.30. The molecule has 0 amide bonds. The second kappa shape index (κ2) is 4.04. The van der Waals surface area contributed by atoms with Gasteiger partial charge in [0.2, 0.25) is 5.89 Å². The highest BCUT2D eigenvalue weighted by atomic mass is 16.6. The topological polar surface area (TPSA) is 44.5 Å². The predicted octanol–water partition coefficient (Wildman–Crippen LogP) is 2.36. The largest absolute Gasteiger partial charge is 0.496 e. The molecule has 1 aromatic carbocycles. The fourth-order valence-corrected chi connectivity index (χ4v) is 1.30. The summed E-state index contributed by atoms with van der Waals surface area (Å²) >= 11 is 0. The molecule has 0 N–H and O–H groups in total. The van der Waals surface area contributed by atoms with E-state index in [-0.39, 0.29) is 0 Å². The number of hydrogen-bond donors (Lipinski definition) is 0. The molecule has 0 aliphatic heterocycles. The van der Waals surface area contributed by atoms with Crippen molar-refractivity contribution >= 4 is 0 Å². The summed E-state index contributed by atoms with van der Waals surface area (Å²) in [5.74, 6) is 1.60. The van der Waals surface area contributed by atoms with Gasteiger partial charge in [-0.15, -0.1) is 0 Å². The van der Waals surface area contributed by atoms with Crippen LogP contribution in [0.25, 0.3) is 11.5 Å². The van der Waals surface area contributed by atoms with Crippen molar-refractivity contribution in [3.05, 3.63) is 30.5 Å². The zero-order valence-corrected chi connectivity index (χ0v) is 8.56. The van der Waals surface area contributed by atoms with Gasteiger partial charge in [0.25, 0.3) is 0 Å². The number of rotatable bonds is 3. The zero-order chi connectivity index (χ0) is 10.7. The maximum atomic E-state index is 5.35. The lowest BCUT2D eigenvalue weighted by molar-refractivity contribution is 0.308. The van der Waals surface area contributed by atoms with Crippen molar-refractivity contribution in [1.29, 1.82) is 0 Å². The molecule has 2 aromatic rings. The average molecular weight is 205 g/mol. The Bertz CT molecular complexity index is 451. The lowest BCUT2D eigenvalue weighted by Gasteiger charge is -2.03. The van der Waals surface area contributed by atoms with Crippen LogP contribution < -0.4 is 9.47 Å². The first-order chi connectivity index (χ1) is 7.35. The van der Waals surface area contributed by atoms with Crippen LogP contribution in [0.5, 0.6) is 11.7 Å². The highest BCUT2D eigenvalue weighted by Gasteiger charge is 2.11. The second-order valence-corrected chi connectivity index (χ2v) is 2.89. The molecule has 2 rings (SSSR count). The minimum atomic E-state index is 0.385. The highest BCUT2D eigenvalue weighted by Crippen LogP contribution is 2.30. The number of benzene rings is 1. The van der Waals surface area contributed by atoms with E-state index in [1.165, 1.54) is 13.3 Å². The summed E-state index contributed by atoms with van der Waals surface area (Å²) < 4.78 is 15.5. The summed E-state index contributed by atoms with van der Waals surface area (Å²) in [5.41, 5.74) is 0.809. The van der Waals surface area contributed by atoms with E-state index >= 15 is 0 Å². The smallest absolute Gasteiger partial charge is 0.305 e. The van der Waals surface area contributed by atoms with Gasteiger partial charge in [0.15, 0.2) is 0 Å².